The number of aromatic nitrogens is 2. The van der Waals surface area contributed by atoms with Crippen LogP contribution in [0, 0.1) is 0 Å². The lowest BCUT2D eigenvalue weighted by atomic mass is 10.0. The Labute approximate surface area is 68.4 Å². The van der Waals surface area contributed by atoms with Gasteiger partial charge in [0.25, 0.3) is 0 Å². The summed E-state index contributed by atoms with van der Waals surface area (Å²) in [6, 6.07) is 0. The van der Waals surface area contributed by atoms with Crippen molar-refractivity contribution in [3.8, 4) is 5.75 Å². The average molecular weight is 175 g/mol. The van der Waals surface area contributed by atoms with Crippen molar-refractivity contribution < 1.29 is 5.11 Å². The zero-order valence-electron chi connectivity index (χ0n) is 4.67. The van der Waals surface area contributed by atoms with Crippen molar-refractivity contribution in [1.82, 2.24) is 9.97 Å². The summed E-state index contributed by atoms with van der Waals surface area (Å²) in [5.41, 5.74) is -0.120. The summed E-state index contributed by atoms with van der Waals surface area (Å²) in [6.07, 6.45) is 0. The lowest BCUT2D eigenvalue weighted by Crippen LogP contribution is -2.10. The van der Waals surface area contributed by atoms with Crippen molar-refractivity contribution in [3.05, 3.63) is 10.4 Å². The molecule has 1 aromatic heterocycles. The molecular weight excluding hydrogens is 174 g/mol. The molecule has 1 rings (SSSR count). The topological polar surface area (TPSA) is 46.0 Å². The highest BCUT2D eigenvalue weighted by Gasteiger charge is 2.04. The number of hydrogen-bond acceptors (Lipinski definition) is 3. The maximum atomic E-state index is 8.89. The number of aromatic hydroxyl groups is 1. The van der Waals surface area contributed by atoms with Gasteiger partial charge in [-0.3, -0.25) is 0 Å². The van der Waals surface area contributed by atoms with Gasteiger partial charge in [0.05, 0.1) is 0 Å². The zero-order valence-corrected chi connectivity index (χ0v) is 6.19. The average Bonchev–Trinajstić information content (AvgIpc) is 1.82. The molecule has 0 fully saturated rings. The first kappa shape index (κ1) is 7.63. The molecule has 50 valence electrons. The second kappa shape index (κ2) is 2.64. The van der Waals surface area contributed by atoms with Crippen molar-refractivity contribution in [3.63, 3.8) is 0 Å². The van der Waals surface area contributed by atoms with Gasteiger partial charge in [0.1, 0.15) is 7.85 Å². The first-order valence-electron chi connectivity index (χ1n) is 2.28. The molecule has 0 aliphatic carbocycles. The van der Waals surface area contributed by atoms with Crippen LogP contribution < -0.4 is 5.59 Å². The van der Waals surface area contributed by atoms with Crippen LogP contribution in [-0.2, 0) is 0 Å². The van der Waals surface area contributed by atoms with Gasteiger partial charge in [0, 0.05) is 5.59 Å². The molecule has 1 aromatic rings. The molecule has 0 unspecified atom stereocenters. The molecule has 0 amide bonds. The second-order valence-corrected chi connectivity index (χ2v) is 2.21. The molecule has 0 saturated heterocycles. The van der Waals surface area contributed by atoms with Gasteiger partial charge in [-0.2, -0.15) is 0 Å². The fraction of sp³-hybridized carbons (Fsp3) is 0. The normalized spacial score (nSPS) is 9.80. The van der Waals surface area contributed by atoms with Crippen LogP contribution in [0.25, 0.3) is 0 Å². The highest BCUT2D eigenvalue weighted by molar-refractivity contribution is 6.38. The first-order chi connectivity index (χ1) is 4.61. The summed E-state index contributed by atoms with van der Waals surface area (Å²) < 4.78 is 0. The number of rotatable bonds is 0. The molecule has 1 N–H and O–H groups in total. The maximum Gasteiger partial charge on any atom is 0.223 e. The molecule has 2 radical (unpaired) electrons. The van der Waals surface area contributed by atoms with E-state index in [-0.39, 0.29) is 21.8 Å². The second-order valence-electron chi connectivity index (χ2n) is 1.52. The van der Waals surface area contributed by atoms with E-state index in [1.165, 1.54) is 0 Å². The Bertz CT molecular complexity index is 244. The Morgan fingerprint density at radius 1 is 1.30 bits per heavy atom. The highest BCUT2D eigenvalue weighted by atomic mass is 35.5. The van der Waals surface area contributed by atoms with Gasteiger partial charge in [0.2, 0.25) is 5.28 Å². The van der Waals surface area contributed by atoms with E-state index in [2.05, 4.69) is 9.97 Å². The first-order valence-corrected chi connectivity index (χ1v) is 3.04. The molecule has 0 saturated carbocycles. The Morgan fingerprint density at radius 3 is 2.40 bits per heavy atom. The van der Waals surface area contributed by atoms with Crippen molar-refractivity contribution in [2.45, 2.75) is 0 Å². The summed E-state index contributed by atoms with van der Waals surface area (Å²) >= 11 is 10.7. The molecule has 0 aromatic carbocycles. The lowest BCUT2D eigenvalue weighted by Gasteiger charge is -1.98. The van der Waals surface area contributed by atoms with Gasteiger partial charge < -0.3 is 5.11 Å². The number of hydrogen-bond donors (Lipinski definition) is 1. The van der Waals surface area contributed by atoms with E-state index in [4.69, 9.17) is 36.2 Å². The molecule has 0 bridgehead atoms. The van der Waals surface area contributed by atoms with Crippen LogP contribution in [0.2, 0.25) is 10.4 Å². The molecule has 0 aliphatic heterocycles. The zero-order chi connectivity index (χ0) is 7.72. The molecular formula is C4HBCl2N2O. The van der Waals surface area contributed by atoms with E-state index in [1.807, 2.05) is 0 Å². The predicted molar refractivity (Wildman–Crippen MR) is 39.1 cm³/mol. The molecule has 0 atom stereocenters. The van der Waals surface area contributed by atoms with Gasteiger partial charge in [-0.1, -0.05) is 11.6 Å². The fourth-order valence-corrected chi connectivity index (χ4v) is 0.813. The Kier molecular flexibility index (Phi) is 2.01. The predicted octanol–water partition coefficient (Wildman–Crippen LogP) is 0.283. The third-order valence-electron chi connectivity index (χ3n) is 0.841. The molecule has 0 aliphatic rings. The van der Waals surface area contributed by atoms with Crippen LogP contribution in [0.1, 0.15) is 0 Å². The lowest BCUT2D eigenvalue weighted by molar-refractivity contribution is 0.475. The minimum absolute atomic E-state index is 0.0831. The Balaban J connectivity index is 3.31. The van der Waals surface area contributed by atoms with Gasteiger partial charge in [-0.25, -0.2) is 9.97 Å². The molecule has 3 nitrogen and oxygen atoms in total. The van der Waals surface area contributed by atoms with Gasteiger partial charge in [-0.05, 0) is 11.6 Å². The standard InChI is InChI=1S/C4HBCl2N2O/c5-2-1(10)3(6)9-4(7)8-2/h10H. The van der Waals surface area contributed by atoms with Gasteiger partial charge in [0.15, 0.2) is 10.9 Å². The quantitative estimate of drug-likeness (QED) is 0.349. The Hall–Kier alpha value is -0.475. The molecule has 0 spiro atoms. The van der Waals surface area contributed by atoms with E-state index >= 15 is 0 Å². The van der Waals surface area contributed by atoms with E-state index in [0.29, 0.717) is 0 Å². The molecule has 6 heteroatoms. The van der Waals surface area contributed by atoms with Crippen LogP contribution in [0.3, 0.4) is 0 Å². The van der Waals surface area contributed by atoms with Crippen LogP contribution in [0.15, 0.2) is 0 Å². The van der Waals surface area contributed by atoms with Crippen molar-refractivity contribution in [2.24, 2.45) is 0 Å². The van der Waals surface area contributed by atoms with Crippen LogP contribution in [0.5, 0.6) is 5.75 Å². The summed E-state index contributed by atoms with van der Waals surface area (Å²) in [5.74, 6) is -0.342. The minimum Gasteiger partial charge on any atom is -0.504 e. The monoisotopic (exact) mass is 174 g/mol. The maximum absolute atomic E-state index is 8.89. The van der Waals surface area contributed by atoms with Gasteiger partial charge >= 0.3 is 0 Å². The summed E-state index contributed by atoms with van der Waals surface area (Å²) in [5, 5.41) is 8.67. The SMILES string of the molecule is [B]c1nc(Cl)nc(Cl)c1O. The summed E-state index contributed by atoms with van der Waals surface area (Å²) in [6.45, 7) is 0. The van der Waals surface area contributed by atoms with Crippen molar-refractivity contribution >= 4 is 36.6 Å². The van der Waals surface area contributed by atoms with Crippen LogP contribution in [-0.4, -0.2) is 22.9 Å². The van der Waals surface area contributed by atoms with Crippen molar-refractivity contribution in [2.75, 3.05) is 0 Å². The van der Waals surface area contributed by atoms with Crippen LogP contribution in [0.4, 0.5) is 0 Å². The number of nitrogens with zero attached hydrogens (tertiary/aromatic N) is 2. The smallest absolute Gasteiger partial charge is 0.223 e. The molecule has 10 heavy (non-hydrogen) atoms. The van der Waals surface area contributed by atoms with E-state index in [0.717, 1.165) is 0 Å². The molecule has 1 heterocycles. The van der Waals surface area contributed by atoms with E-state index in [9.17, 15) is 0 Å². The van der Waals surface area contributed by atoms with Gasteiger partial charge in [-0.15, -0.1) is 0 Å². The number of halogens is 2. The van der Waals surface area contributed by atoms with E-state index < -0.39 is 0 Å². The summed E-state index contributed by atoms with van der Waals surface area (Å²) in [7, 11) is 5.15. The van der Waals surface area contributed by atoms with Crippen molar-refractivity contribution in [1.29, 1.82) is 0 Å². The van der Waals surface area contributed by atoms with Crippen LogP contribution >= 0.6 is 23.2 Å². The van der Waals surface area contributed by atoms with E-state index in [1.54, 1.807) is 0 Å². The third-order valence-corrected chi connectivity index (χ3v) is 1.27. The third kappa shape index (κ3) is 1.33. The summed E-state index contributed by atoms with van der Waals surface area (Å²) in [4.78, 5) is 6.86. The minimum atomic E-state index is -0.342. The fourth-order valence-electron chi connectivity index (χ4n) is 0.417. The highest BCUT2D eigenvalue weighted by Crippen LogP contribution is 2.16. The largest absolute Gasteiger partial charge is 0.504 e. The Morgan fingerprint density at radius 2 is 1.90 bits per heavy atom.